The molecule has 0 saturated heterocycles. The van der Waals surface area contributed by atoms with Crippen molar-refractivity contribution < 1.29 is 58.7 Å². The number of aryl methyl sites for hydroxylation is 1. The molecule has 0 spiro atoms. The van der Waals surface area contributed by atoms with Gasteiger partial charge < -0.3 is 14.2 Å². The molecular weight excluding hydrogens is 447 g/mol. The maximum Gasteiger partial charge on any atom is 0.468 e. The highest BCUT2D eigenvalue weighted by Crippen LogP contribution is 2.38. The van der Waals surface area contributed by atoms with Crippen LogP contribution in [0.2, 0.25) is 0 Å². The SMILES string of the molecule is C=CC(=O)OC(OCCC(F)(F)S(=O)(=O)O)(C(=O)Oc1ccc(C)cc1)C(F)(F)F. The van der Waals surface area contributed by atoms with Crippen LogP contribution in [-0.2, 0) is 29.2 Å². The van der Waals surface area contributed by atoms with Gasteiger partial charge in [-0.15, -0.1) is 0 Å². The molecule has 0 aromatic heterocycles. The highest BCUT2D eigenvalue weighted by molar-refractivity contribution is 7.86. The number of carbonyl (C=O) groups is 2. The summed E-state index contributed by atoms with van der Waals surface area (Å²) in [6.07, 6.45) is -7.62. The van der Waals surface area contributed by atoms with Crippen LogP contribution in [0, 0.1) is 6.92 Å². The molecule has 1 N–H and O–H groups in total. The first-order valence-electron chi connectivity index (χ1n) is 7.75. The summed E-state index contributed by atoms with van der Waals surface area (Å²) in [5, 5.41) is -4.91. The molecule has 1 atom stereocenters. The third-order valence-electron chi connectivity index (χ3n) is 3.36. The van der Waals surface area contributed by atoms with Gasteiger partial charge in [0.05, 0.1) is 13.0 Å². The quantitative estimate of drug-likeness (QED) is 0.149. The summed E-state index contributed by atoms with van der Waals surface area (Å²) in [6, 6.07) is 4.91. The van der Waals surface area contributed by atoms with Crippen LogP contribution < -0.4 is 4.74 Å². The second-order valence-corrected chi connectivity index (χ2v) is 7.20. The zero-order valence-electron chi connectivity index (χ0n) is 15.1. The Morgan fingerprint density at radius 2 is 1.67 bits per heavy atom. The molecule has 1 aromatic carbocycles. The fourth-order valence-electron chi connectivity index (χ4n) is 1.79. The standard InChI is InChI=1S/C16H15F5O8S/c1-3-12(22)29-15(16(19,20)21,27-9-8-14(17,18)30(24,25)26)13(23)28-11-6-4-10(2)5-7-11/h3-7H,1,8-9H2,2H3,(H,24,25,26). The van der Waals surface area contributed by atoms with E-state index in [0.717, 1.165) is 12.1 Å². The maximum atomic E-state index is 13.7. The Kier molecular flexibility index (Phi) is 7.68. The zero-order chi connectivity index (χ0) is 23.4. The van der Waals surface area contributed by atoms with E-state index in [1.54, 1.807) is 6.92 Å². The fraction of sp³-hybridized carbons (Fsp3) is 0.375. The van der Waals surface area contributed by atoms with Gasteiger partial charge in [0.1, 0.15) is 5.75 Å². The third kappa shape index (κ3) is 5.96. The number of rotatable bonds is 9. The summed E-state index contributed by atoms with van der Waals surface area (Å²) in [5.41, 5.74) is 0.652. The molecule has 1 aromatic rings. The lowest BCUT2D eigenvalue weighted by molar-refractivity contribution is -0.352. The van der Waals surface area contributed by atoms with E-state index < -0.39 is 58.1 Å². The van der Waals surface area contributed by atoms with Gasteiger partial charge >= 0.3 is 39.3 Å². The highest BCUT2D eigenvalue weighted by Gasteiger charge is 2.68. The molecule has 0 fully saturated rings. The first kappa shape index (κ1) is 25.5. The minimum atomic E-state index is -5.99. The molecule has 8 nitrogen and oxygen atoms in total. The van der Waals surface area contributed by atoms with Gasteiger partial charge in [0.2, 0.25) is 0 Å². The summed E-state index contributed by atoms with van der Waals surface area (Å²) in [6.45, 7) is 2.68. The first-order chi connectivity index (χ1) is 13.6. The van der Waals surface area contributed by atoms with Crippen molar-refractivity contribution in [3.8, 4) is 5.75 Å². The zero-order valence-corrected chi connectivity index (χ0v) is 15.9. The van der Waals surface area contributed by atoms with Crippen LogP contribution in [0.4, 0.5) is 22.0 Å². The lowest BCUT2D eigenvalue weighted by Crippen LogP contribution is -2.59. The number of hydrogen-bond acceptors (Lipinski definition) is 7. The molecule has 0 radical (unpaired) electrons. The number of alkyl halides is 5. The molecule has 0 aliphatic heterocycles. The van der Waals surface area contributed by atoms with Crippen molar-refractivity contribution in [1.29, 1.82) is 0 Å². The monoisotopic (exact) mass is 462 g/mol. The summed E-state index contributed by atoms with van der Waals surface area (Å²) >= 11 is 0. The number of esters is 2. The van der Waals surface area contributed by atoms with Crippen molar-refractivity contribution in [2.75, 3.05) is 6.61 Å². The predicted octanol–water partition coefficient (Wildman–Crippen LogP) is 2.78. The van der Waals surface area contributed by atoms with Crippen molar-refractivity contribution in [2.45, 2.75) is 30.6 Å². The third-order valence-corrected chi connectivity index (χ3v) is 4.32. The molecule has 0 aliphatic carbocycles. The average molecular weight is 462 g/mol. The first-order valence-corrected chi connectivity index (χ1v) is 9.19. The highest BCUT2D eigenvalue weighted by atomic mass is 32.2. The van der Waals surface area contributed by atoms with Crippen molar-refractivity contribution >= 4 is 22.1 Å². The second-order valence-electron chi connectivity index (χ2n) is 5.65. The largest absolute Gasteiger partial charge is 0.468 e. The molecule has 168 valence electrons. The second kappa shape index (κ2) is 9.06. The van der Waals surface area contributed by atoms with Gasteiger partial charge in [-0.2, -0.15) is 30.4 Å². The number of benzene rings is 1. The van der Waals surface area contributed by atoms with E-state index in [1.807, 2.05) is 0 Å². The summed E-state index contributed by atoms with van der Waals surface area (Å²) < 4.78 is 110. The Balaban J connectivity index is 3.27. The smallest absolute Gasteiger partial charge is 0.421 e. The van der Waals surface area contributed by atoms with Crippen LogP contribution in [0.25, 0.3) is 0 Å². The normalized spacial score (nSPS) is 14.5. The Bertz CT molecular complexity index is 895. The minimum absolute atomic E-state index is 0.232. The molecule has 30 heavy (non-hydrogen) atoms. The molecule has 0 bridgehead atoms. The van der Waals surface area contributed by atoms with E-state index in [1.165, 1.54) is 12.1 Å². The van der Waals surface area contributed by atoms with E-state index in [2.05, 4.69) is 20.8 Å². The van der Waals surface area contributed by atoms with Crippen molar-refractivity contribution in [3.05, 3.63) is 42.5 Å². The fourth-order valence-corrected chi connectivity index (χ4v) is 2.13. The van der Waals surface area contributed by atoms with Gasteiger partial charge in [0, 0.05) is 6.08 Å². The lowest BCUT2D eigenvalue weighted by atomic mass is 10.2. The van der Waals surface area contributed by atoms with Crippen LogP contribution in [0.3, 0.4) is 0 Å². The van der Waals surface area contributed by atoms with Gasteiger partial charge in [0.15, 0.2) is 0 Å². The van der Waals surface area contributed by atoms with Crippen LogP contribution in [0.15, 0.2) is 36.9 Å². The number of carbonyl (C=O) groups excluding carboxylic acids is 2. The number of ether oxygens (including phenoxy) is 3. The van der Waals surface area contributed by atoms with Crippen LogP contribution in [0.5, 0.6) is 5.75 Å². The van der Waals surface area contributed by atoms with Crippen LogP contribution >= 0.6 is 0 Å². The van der Waals surface area contributed by atoms with E-state index in [4.69, 9.17) is 4.55 Å². The number of hydrogen-bond donors (Lipinski definition) is 1. The molecule has 1 unspecified atom stereocenters. The van der Waals surface area contributed by atoms with Crippen LogP contribution in [0.1, 0.15) is 12.0 Å². The Morgan fingerprint density at radius 3 is 2.10 bits per heavy atom. The number of halogens is 5. The van der Waals surface area contributed by atoms with Crippen molar-refractivity contribution in [3.63, 3.8) is 0 Å². The molecule has 14 heteroatoms. The van der Waals surface area contributed by atoms with Gasteiger partial charge in [0.25, 0.3) is 0 Å². The lowest BCUT2D eigenvalue weighted by Gasteiger charge is -2.32. The van der Waals surface area contributed by atoms with E-state index in [9.17, 15) is 40.0 Å². The van der Waals surface area contributed by atoms with E-state index in [0.29, 0.717) is 5.56 Å². The summed E-state index contributed by atoms with van der Waals surface area (Å²) in [4.78, 5) is 23.6. The van der Waals surface area contributed by atoms with Gasteiger partial charge in [-0.1, -0.05) is 24.3 Å². The maximum absolute atomic E-state index is 13.7. The van der Waals surface area contributed by atoms with Gasteiger partial charge in [-0.25, -0.2) is 9.59 Å². The van der Waals surface area contributed by atoms with E-state index in [-0.39, 0.29) is 6.08 Å². The molecule has 0 heterocycles. The van der Waals surface area contributed by atoms with Gasteiger partial charge in [-0.3, -0.25) is 4.55 Å². The van der Waals surface area contributed by atoms with Crippen molar-refractivity contribution in [2.24, 2.45) is 0 Å². The Hall–Kier alpha value is -2.58. The Labute approximate surface area is 167 Å². The molecule has 0 saturated carbocycles. The van der Waals surface area contributed by atoms with E-state index >= 15 is 0 Å². The van der Waals surface area contributed by atoms with Crippen molar-refractivity contribution in [1.82, 2.24) is 0 Å². The van der Waals surface area contributed by atoms with Crippen LogP contribution in [-0.4, -0.2) is 48.7 Å². The molecule has 0 aliphatic rings. The summed E-state index contributed by atoms with van der Waals surface area (Å²) in [5.74, 6) is -9.14. The average Bonchev–Trinajstić information content (AvgIpc) is 2.60. The minimum Gasteiger partial charge on any atom is -0.421 e. The Morgan fingerprint density at radius 1 is 1.13 bits per heavy atom. The predicted molar refractivity (Wildman–Crippen MR) is 89.0 cm³/mol. The topological polar surface area (TPSA) is 116 Å². The van der Waals surface area contributed by atoms with Gasteiger partial charge in [-0.05, 0) is 19.1 Å². The molecular formula is C16H15F5O8S. The summed E-state index contributed by atoms with van der Waals surface area (Å²) in [7, 11) is -5.99. The molecule has 1 rings (SSSR count). The molecule has 0 amide bonds.